The van der Waals surface area contributed by atoms with Crippen LogP contribution in [-0.4, -0.2) is 28.9 Å². The number of hydrogen-bond donors (Lipinski definition) is 2. The van der Waals surface area contributed by atoms with E-state index in [1.807, 2.05) is 0 Å². The van der Waals surface area contributed by atoms with Crippen LogP contribution in [0.1, 0.15) is 36.8 Å². The van der Waals surface area contributed by atoms with Gasteiger partial charge in [0.25, 0.3) is 11.8 Å². The lowest BCUT2D eigenvalue weighted by Gasteiger charge is -2.08. The average molecular weight is 533 g/mol. The van der Waals surface area contributed by atoms with Gasteiger partial charge < -0.3 is 14.5 Å². The van der Waals surface area contributed by atoms with Gasteiger partial charge in [0.05, 0.1) is 23.0 Å². The van der Waals surface area contributed by atoms with Crippen molar-refractivity contribution in [2.24, 2.45) is 5.10 Å². The summed E-state index contributed by atoms with van der Waals surface area (Å²) in [4.78, 5) is 47.9. The standard InChI is InChI=1S/C26H17ClN4O7/c27-19-10-6-17(7-11-19)26(34)38-23-18(3-1-4-21(23)31(35)36)15-28-30-24(32)16-8-12-20(13-9-16)29-25(33)22-5-2-14-37-22/h1-15H,(H,29,33)(H,30,32)/b28-15+. The maximum absolute atomic E-state index is 12.5. The smallest absolute Gasteiger partial charge is 0.343 e. The highest BCUT2D eigenvalue weighted by Gasteiger charge is 2.22. The third kappa shape index (κ3) is 6.28. The Balaban J connectivity index is 1.45. The first-order chi connectivity index (χ1) is 18.3. The van der Waals surface area contributed by atoms with Gasteiger partial charge in [-0.25, -0.2) is 10.2 Å². The second kappa shape index (κ2) is 11.6. The van der Waals surface area contributed by atoms with Crippen LogP contribution in [0.5, 0.6) is 5.75 Å². The summed E-state index contributed by atoms with van der Waals surface area (Å²) in [6.45, 7) is 0. The Morgan fingerprint density at radius 1 is 0.921 bits per heavy atom. The molecule has 0 unspecified atom stereocenters. The molecule has 0 aliphatic carbocycles. The first kappa shape index (κ1) is 25.8. The molecule has 0 radical (unpaired) electrons. The van der Waals surface area contributed by atoms with E-state index >= 15 is 0 Å². The van der Waals surface area contributed by atoms with Crippen molar-refractivity contribution in [3.8, 4) is 5.75 Å². The van der Waals surface area contributed by atoms with E-state index in [1.165, 1.54) is 79.1 Å². The number of carbonyl (C=O) groups excluding carboxylic acids is 3. The molecule has 2 amide bonds. The molecular formula is C26H17ClN4O7. The van der Waals surface area contributed by atoms with Crippen LogP contribution in [0.2, 0.25) is 5.02 Å². The number of rotatable bonds is 8. The van der Waals surface area contributed by atoms with Crippen LogP contribution in [0.25, 0.3) is 0 Å². The number of para-hydroxylation sites is 1. The molecule has 0 bridgehead atoms. The van der Waals surface area contributed by atoms with Crippen LogP contribution < -0.4 is 15.5 Å². The van der Waals surface area contributed by atoms with Gasteiger partial charge in [-0.15, -0.1) is 0 Å². The number of esters is 1. The number of anilines is 1. The predicted molar refractivity (Wildman–Crippen MR) is 138 cm³/mol. The van der Waals surface area contributed by atoms with E-state index in [-0.39, 0.29) is 28.2 Å². The Hall–Kier alpha value is -5.29. The van der Waals surface area contributed by atoms with Crippen LogP contribution >= 0.6 is 11.6 Å². The SMILES string of the molecule is O=C(N/N=C/c1cccc([N+](=O)[O-])c1OC(=O)c1ccc(Cl)cc1)c1ccc(NC(=O)c2ccco2)cc1. The molecule has 0 saturated heterocycles. The highest BCUT2D eigenvalue weighted by atomic mass is 35.5. The van der Waals surface area contributed by atoms with E-state index in [9.17, 15) is 24.5 Å². The van der Waals surface area contributed by atoms with Crippen molar-refractivity contribution in [2.45, 2.75) is 0 Å². The summed E-state index contributed by atoms with van der Waals surface area (Å²) in [5.41, 5.74) is 2.72. The molecule has 4 rings (SSSR count). The number of halogens is 1. The van der Waals surface area contributed by atoms with Gasteiger partial charge in [0.1, 0.15) is 0 Å². The fourth-order valence-electron chi connectivity index (χ4n) is 3.17. The number of nitrogens with one attached hydrogen (secondary N) is 2. The minimum Gasteiger partial charge on any atom is -0.459 e. The highest BCUT2D eigenvalue weighted by Crippen LogP contribution is 2.31. The van der Waals surface area contributed by atoms with Crippen molar-refractivity contribution in [3.63, 3.8) is 0 Å². The Morgan fingerprint density at radius 2 is 1.63 bits per heavy atom. The van der Waals surface area contributed by atoms with Crippen molar-refractivity contribution in [3.05, 3.63) is 123 Å². The van der Waals surface area contributed by atoms with E-state index in [4.69, 9.17) is 20.8 Å². The van der Waals surface area contributed by atoms with Crippen LogP contribution in [0, 0.1) is 10.1 Å². The van der Waals surface area contributed by atoms with Gasteiger partial charge in [-0.05, 0) is 66.7 Å². The first-order valence-corrected chi connectivity index (χ1v) is 11.2. The molecule has 0 atom stereocenters. The normalized spacial score (nSPS) is 10.7. The van der Waals surface area contributed by atoms with Crippen LogP contribution in [-0.2, 0) is 0 Å². The van der Waals surface area contributed by atoms with E-state index in [0.717, 1.165) is 6.21 Å². The number of nitro benzene ring substituents is 1. The Kier molecular flexibility index (Phi) is 7.89. The molecule has 4 aromatic rings. The zero-order valence-electron chi connectivity index (χ0n) is 19.3. The zero-order valence-corrected chi connectivity index (χ0v) is 20.0. The fourth-order valence-corrected chi connectivity index (χ4v) is 3.29. The number of ether oxygens (including phenoxy) is 1. The first-order valence-electron chi connectivity index (χ1n) is 10.9. The van der Waals surface area contributed by atoms with Gasteiger partial charge in [0.15, 0.2) is 5.76 Å². The Morgan fingerprint density at radius 3 is 2.29 bits per heavy atom. The van der Waals surface area contributed by atoms with Crippen molar-refractivity contribution < 1.29 is 28.5 Å². The maximum Gasteiger partial charge on any atom is 0.343 e. The third-order valence-electron chi connectivity index (χ3n) is 5.02. The van der Waals surface area contributed by atoms with E-state index in [1.54, 1.807) is 6.07 Å². The second-order valence-corrected chi connectivity index (χ2v) is 7.99. The summed E-state index contributed by atoms with van der Waals surface area (Å²) in [6.07, 6.45) is 2.50. The third-order valence-corrected chi connectivity index (χ3v) is 5.27. The topological polar surface area (TPSA) is 153 Å². The number of nitrogens with zero attached hydrogens (tertiary/aromatic N) is 2. The lowest BCUT2D eigenvalue weighted by Crippen LogP contribution is -2.18. The molecule has 0 aliphatic heterocycles. The number of amides is 2. The summed E-state index contributed by atoms with van der Waals surface area (Å²) < 4.78 is 10.3. The Labute approximate surface area is 219 Å². The van der Waals surface area contributed by atoms with Gasteiger partial charge in [0, 0.05) is 27.9 Å². The van der Waals surface area contributed by atoms with Gasteiger partial charge in [-0.1, -0.05) is 17.7 Å². The number of nitro groups is 1. The molecule has 0 fully saturated rings. The van der Waals surface area contributed by atoms with Gasteiger partial charge >= 0.3 is 11.7 Å². The largest absolute Gasteiger partial charge is 0.459 e. The van der Waals surface area contributed by atoms with E-state index in [0.29, 0.717) is 10.7 Å². The lowest BCUT2D eigenvalue weighted by molar-refractivity contribution is -0.385. The molecule has 1 heterocycles. The number of carbonyl (C=O) groups is 3. The lowest BCUT2D eigenvalue weighted by atomic mass is 10.2. The minimum atomic E-state index is -0.839. The fraction of sp³-hybridized carbons (Fsp3) is 0. The van der Waals surface area contributed by atoms with Gasteiger partial charge in [-0.3, -0.25) is 19.7 Å². The average Bonchev–Trinajstić information content (AvgIpc) is 3.45. The van der Waals surface area contributed by atoms with Gasteiger partial charge in [0.2, 0.25) is 5.75 Å². The molecule has 2 N–H and O–H groups in total. The molecule has 1 aromatic heterocycles. The van der Waals surface area contributed by atoms with Gasteiger partial charge in [-0.2, -0.15) is 5.10 Å². The van der Waals surface area contributed by atoms with Crippen molar-refractivity contribution in [2.75, 3.05) is 5.32 Å². The summed E-state index contributed by atoms with van der Waals surface area (Å²) >= 11 is 5.83. The van der Waals surface area contributed by atoms with Crippen molar-refractivity contribution in [1.29, 1.82) is 0 Å². The second-order valence-electron chi connectivity index (χ2n) is 7.56. The molecule has 12 heteroatoms. The molecule has 3 aromatic carbocycles. The molecule has 0 saturated carbocycles. The minimum absolute atomic E-state index is 0.0813. The number of hydrogen-bond acceptors (Lipinski definition) is 8. The van der Waals surface area contributed by atoms with Crippen molar-refractivity contribution in [1.82, 2.24) is 5.43 Å². The maximum atomic E-state index is 12.5. The number of hydrazone groups is 1. The summed E-state index contributed by atoms with van der Waals surface area (Å²) in [6, 6.07) is 18.9. The highest BCUT2D eigenvalue weighted by molar-refractivity contribution is 6.30. The summed E-state index contributed by atoms with van der Waals surface area (Å²) in [5, 5.41) is 18.4. The van der Waals surface area contributed by atoms with Crippen molar-refractivity contribution >= 4 is 47.0 Å². The Bertz CT molecular complexity index is 1520. The molecule has 38 heavy (non-hydrogen) atoms. The summed E-state index contributed by atoms with van der Waals surface area (Å²) in [7, 11) is 0. The summed E-state index contributed by atoms with van der Waals surface area (Å²) in [5.74, 6) is -2.07. The zero-order chi connectivity index (χ0) is 27.1. The molecule has 0 spiro atoms. The van der Waals surface area contributed by atoms with Crippen LogP contribution in [0.3, 0.4) is 0 Å². The molecular weight excluding hydrogens is 516 g/mol. The molecule has 11 nitrogen and oxygen atoms in total. The van der Waals surface area contributed by atoms with E-state index in [2.05, 4.69) is 15.8 Å². The molecule has 190 valence electrons. The predicted octanol–water partition coefficient (Wildman–Crippen LogP) is 5.08. The van der Waals surface area contributed by atoms with Crippen LogP contribution in [0.4, 0.5) is 11.4 Å². The van der Waals surface area contributed by atoms with E-state index < -0.39 is 28.4 Å². The van der Waals surface area contributed by atoms with Crippen LogP contribution in [0.15, 0.2) is 94.6 Å². The number of benzene rings is 3. The monoisotopic (exact) mass is 532 g/mol. The molecule has 0 aliphatic rings. The number of furan rings is 1. The quantitative estimate of drug-likeness (QED) is 0.105.